The minimum atomic E-state index is -0.978. The van der Waals surface area contributed by atoms with E-state index in [2.05, 4.69) is 0 Å². The molecule has 29 heavy (non-hydrogen) atoms. The monoisotopic (exact) mass is 405 g/mol. The molecule has 7 heteroatoms. The van der Waals surface area contributed by atoms with E-state index < -0.39 is 23.7 Å². The Morgan fingerprint density at radius 2 is 1.76 bits per heavy atom. The molecule has 0 unspecified atom stereocenters. The molecule has 0 spiro atoms. The van der Waals surface area contributed by atoms with Gasteiger partial charge in [0, 0.05) is 13.3 Å². The summed E-state index contributed by atoms with van der Waals surface area (Å²) in [6.45, 7) is 8.96. The van der Waals surface area contributed by atoms with Crippen LogP contribution in [0.2, 0.25) is 0 Å². The van der Waals surface area contributed by atoms with E-state index in [4.69, 9.17) is 14.2 Å². The van der Waals surface area contributed by atoms with Gasteiger partial charge in [-0.05, 0) is 39.2 Å². The van der Waals surface area contributed by atoms with Crippen molar-refractivity contribution in [2.24, 2.45) is 5.92 Å². The molecular weight excluding hydrogens is 374 g/mol. The summed E-state index contributed by atoms with van der Waals surface area (Å²) in [6.07, 6.45) is 1.26. The summed E-state index contributed by atoms with van der Waals surface area (Å²) in [5.74, 6) is -1.18. The first-order valence-electron chi connectivity index (χ1n) is 9.56. The largest absolute Gasteiger partial charge is 0.466 e. The first-order chi connectivity index (χ1) is 13.6. The lowest BCUT2D eigenvalue weighted by atomic mass is 10.1. The lowest BCUT2D eigenvalue weighted by molar-refractivity contribution is -0.143. The van der Waals surface area contributed by atoms with Gasteiger partial charge in [-0.3, -0.25) is 9.59 Å². The van der Waals surface area contributed by atoms with Crippen molar-refractivity contribution in [1.82, 2.24) is 4.90 Å². The van der Waals surface area contributed by atoms with Gasteiger partial charge in [0.1, 0.15) is 5.60 Å². The number of hydrogen-bond acceptors (Lipinski definition) is 6. The molecule has 0 saturated heterocycles. The average molecular weight is 405 g/mol. The molecule has 1 rings (SSSR count). The second kappa shape index (κ2) is 11.4. The summed E-state index contributed by atoms with van der Waals surface area (Å²) in [5, 5.41) is 0. The third-order valence-electron chi connectivity index (χ3n) is 3.75. The van der Waals surface area contributed by atoms with Gasteiger partial charge in [-0.1, -0.05) is 43.3 Å². The van der Waals surface area contributed by atoms with Crippen molar-refractivity contribution < 1.29 is 28.6 Å². The number of carbonyl (C=O) groups excluding carboxylic acids is 3. The number of esters is 1. The van der Waals surface area contributed by atoms with Crippen molar-refractivity contribution >= 4 is 18.0 Å². The molecule has 2 amide bonds. The molecule has 2 atom stereocenters. The Bertz CT molecular complexity index is 708. The average Bonchev–Trinajstić information content (AvgIpc) is 2.62. The fourth-order valence-corrected chi connectivity index (χ4v) is 2.45. The van der Waals surface area contributed by atoms with Crippen molar-refractivity contribution in [3.05, 3.63) is 48.2 Å². The molecule has 0 aliphatic heterocycles. The van der Waals surface area contributed by atoms with E-state index in [9.17, 15) is 14.4 Å². The van der Waals surface area contributed by atoms with E-state index in [1.165, 1.54) is 13.3 Å². The van der Waals surface area contributed by atoms with Crippen molar-refractivity contribution in [1.29, 1.82) is 0 Å². The molecular formula is C22H31NO6. The van der Waals surface area contributed by atoms with Gasteiger partial charge < -0.3 is 14.2 Å². The lowest BCUT2D eigenvalue weighted by Crippen LogP contribution is -2.40. The number of nitrogens with zero attached hydrogens (tertiary/aromatic N) is 1. The van der Waals surface area contributed by atoms with E-state index in [0.29, 0.717) is 12.2 Å². The Kier molecular flexibility index (Phi) is 9.55. The molecule has 0 radical (unpaired) electrons. The Morgan fingerprint density at radius 1 is 1.14 bits per heavy atom. The molecule has 1 aromatic rings. The lowest BCUT2D eigenvalue weighted by Gasteiger charge is -2.26. The van der Waals surface area contributed by atoms with Gasteiger partial charge in [0.25, 0.3) is 5.91 Å². The fraction of sp³-hybridized carbons (Fsp3) is 0.500. The van der Waals surface area contributed by atoms with Crippen molar-refractivity contribution in [2.75, 3.05) is 13.7 Å². The van der Waals surface area contributed by atoms with Crippen LogP contribution < -0.4 is 0 Å². The van der Waals surface area contributed by atoms with Crippen LogP contribution in [0, 0.1) is 5.92 Å². The number of allylic oxidation sites excluding steroid dienone is 1. The van der Waals surface area contributed by atoms with E-state index >= 15 is 0 Å². The van der Waals surface area contributed by atoms with Crippen LogP contribution in [0.4, 0.5) is 4.79 Å². The van der Waals surface area contributed by atoms with Crippen LogP contribution >= 0.6 is 0 Å². The van der Waals surface area contributed by atoms with Crippen molar-refractivity contribution in [2.45, 2.75) is 52.7 Å². The van der Waals surface area contributed by atoms with Gasteiger partial charge in [-0.2, -0.15) is 0 Å². The molecule has 0 fully saturated rings. The van der Waals surface area contributed by atoms with E-state index in [0.717, 1.165) is 4.90 Å². The summed E-state index contributed by atoms with van der Waals surface area (Å²) in [4.78, 5) is 38.3. The van der Waals surface area contributed by atoms with Crippen LogP contribution in [-0.2, 0) is 23.8 Å². The highest BCUT2D eigenvalue weighted by Crippen LogP contribution is 2.22. The van der Waals surface area contributed by atoms with Gasteiger partial charge >= 0.3 is 12.1 Å². The highest BCUT2D eigenvalue weighted by Gasteiger charge is 2.32. The summed E-state index contributed by atoms with van der Waals surface area (Å²) in [6, 6.07) is 8.87. The smallest absolute Gasteiger partial charge is 0.421 e. The predicted octanol–water partition coefficient (Wildman–Crippen LogP) is 4.24. The summed E-state index contributed by atoms with van der Waals surface area (Å²) >= 11 is 0. The van der Waals surface area contributed by atoms with Gasteiger partial charge in [0.2, 0.25) is 0 Å². The number of hydrogen-bond donors (Lipinski definition) is 0. The molecule has 1 aromatic carbocycles. The standard InChI is InChI=1S/C22H31NO6/c1-7-28-18(24)15-16(2)13-14-23(21(26)29-22(3,4)5)20(25)19(27-6)17-11-9-8-10-12-17/h8-14,16,19H,7,15H2,1-6H3/b14-13+/t16-,19+/m1/s1. The van der Waals surface area contributed by atoms with E-state index in [1.807, 2.05) is 6.07 Å². The number of rotatable bonds is 8. The number of carbonyl (C=O) groups is 3. The maximum absolute atomic E-state index is 13.1. The second-order valence-electron chi connectivity index (χ2n) is 7.54. The fourth-order valence-electron chi connectivity index (χ4n) is 2.45. The number of imide groups is 1. The Balaban J connectivity index is 3.09. The number of ether oxygens (including phenoxy) is 3. The summed E-state index contributed by atoms with van der Waals surface area (Å²) in [5.41, 5.74) is -0.170. The quantitative estimate of drug-likeness (QED) is 0.602. The Morgan fingerprint density at radius 3 is 2.28 bits per heavy atom. The Labute approximate surface area is 172 Å². The van der Waals surface area contributed by atoms with E-state index in [1.54, 1.807) is 65.0 Å². The maximum atomic E-state index is 13.1. The Hall–Kier alpha value is -2.67. The predicted molar refractivity (Wildman–Crippen MR) is 109 cm³/mol. The van der Waals surface area contributed by atoms with Crippen molar-refractivity contribution in [3.8, 4) is 0 Å². The zero-order valence-corrected chi connectivity index (χ0v) is 18.0. The number of methoxy groups -OCH3 is 1. The maximum Gasteiger partial charge on any atom is 0.421 e. The van der Waals surface area contributed by atoms with Crippen LogP contribution in [0.1, 0.15) is 52.7 Å². The first kappa shape index (κ1) is 24.4. The first-order valence-corrected chi connectivity index (χ1v) is 9.56. The van der Waals surface area contributed by atoms with Crippen LogP contribution in [0.15, 0.2) is 42.6 Å². The third kappa shape index (κ3) is 8.48. The molecule has 0 heterocycles. The van der Waals surface area contributed by atoms with Gasteiger partial charge in [-0.15, -0.1) is 0 Å². The van der Waals surface area contributed by atoms with Crippen LogP contribution in [0.25, 0.3) is 0 Å². The number of amides is 2. The zero-order chi connectivity index (χ0) is 22.0. The minimum Gasteiger partial charge on any atom is -0.466 e. The SMILES string of the molecule is CCOC(=O)C[C@H](C)/C=C/N(C(=O)OC(C)(C)C)C(=O)[C@@H](OC)c1ccccc1. The minimum absolute atomic E-state index is 0.132. The number of benzene rings is 1. The molecule has 0 bridgehead atoms. The van der Waals surface area contributed by atoms with Gasteiger partial charge in [0.05, 0.1) is 13.0 Å². The van der Waals surface area contributed by atoms with Crippen LogP contribution in [0.3, 0.4) is 0 Å². The molecule has 0 aliphatic carbocycles. The summed E-state index contributed by atoms with van der Waals surface area (Å²) in [7, 11) is 1.40. The van der Waals surface area contributed by atoms with Gasteiger partial charge in [0.15, 0.2) is 6.10 Å². The highest BCUT2D eigenvalue weighted by molar-refractivity contribution is 5.96. The van der Waals surface area contributed by atoms with Crippen molar-refractivity contribution in [3.63, 3.8) is 0 Å². The molecule has 0 N–H and O–H groups in total. The third-order valence-corrected chi connectivity index (χ3v) is 3.75. The van der Waals surface area contributed by atoms with E-state index in [-0.39, 0.29) is 18.3 Å². The normalized spacial score (nSPS) is 13.6. The topological polar surface area (TPSA) is 82.1 Å². The molecule has 0 saturated carbocycles. The zero-order valence-electron chi connectivity index (χ0n) is 18.0. The highest BCUT2D eigenvalue weighted by atomic mass is 16.6. The van der Waals surface area contributed by atoms with Crippen LogP contribution in [0.5, 0.6) is 0 Å². The molecule has 7 nitrogen and oxygen atoms in total. The molecule has 160 valence electrons. The van der Waals surface area contributed by atoms with Gasteiger partial charge in [-0.25, -0.2) is 9.69 Å². The summed E-state index contributed by atoms with van der Waals surface area (Å²) < 4.78 is 15.7. The molecule has 0 aromatic heterocycles. The van der Waals surface area contributed by atoms with Crippen LogP contribution in [-0.4, -0.2) is 42.2 Å². The second-order valence-corrected chi connectivity index (χ2v) is 7.54. The molecule has 0 aliphatic rings.